The van der Waals surface area contributed by atoms with Gasteiger partial charge in [-0.1, -0.05) is 18.2 Å². The van der Waals surface area contributed by atoms with Crippen molar-refractivity contribution in [3.05, 3.63) is 29.8 Å². The zero-order valence-corrected chi connectivity index (χ0v) is 14.7. The summed E-state index contributed by atoms with van der Waals surface area (Å²) in [5, 5.41) is -0.713. The van der Waals surface area contributed by atoms with Gasteiger partial charge in [0.25, 0.3) is 0 Å². The number of hydrogen-bond acceptors (Lipinski definition) is 4. The molecule has 5 heteroatoms. The highest BCUT2D eigenvalue weighted by Crippen LogP contribution is 2.76. The summed E-state index contributed by atoms with van der Waals surface area (Å²) in [4.78, 5) is 0. The van der Waals surface area contributed by atoms with Crippen molar-refractivity contribution in [3.8, 4) is 5.75 Å². The number of benzene rings is 1. The molecule has 4 nitrogen and oxygen atoms in total. The second-order valence-electron chi connectivity index (χ2n) is 7.43. The Morgan fingerprint density at radius 2 is 1.45 bits per heavy atom. The lowest BCUT2D eigenvalue weighted by atomic mass is 9.98. The molecule has 4 unspecified atom stereocenters. The van der Waals surface area contributed by atoms with E-state index in [0.717, 1.165) is 11.3 Å². The second kappa shape index (κ2) is 4.24. The van der Waals surface area contributed by atoms with Crippen LogP contribution in [-0.2, 0) is 14.2 Å². The highest BCUT2D eigenvalue weighted by molar-refractivity contribution is 7.56. The molecule has 4 heterocycles. The maximum Gasteiger partial charge on any atom is 0.173 e. The van der Waals surface area contributed by atoms with Crippen molar-refractivity contribution in [1.82, 2.24) is 0 Å². The van der Waals surface area contributed by atoms with Crippen LogP contribution < -0.4 is 4.52 Å². The van der Waals surface area contributed by atoms with Gasteiger partial charge in [-0.2, -0.15) is 0 Å². The van der Waals surface area contributed by atoms with Gasteiger partial charge in [0.2, 0.25) is 0 Å². The van der Waals surface area contributed by atoms with Crippen LogP contribution in [0.3, 0.4) is 0 Å². The van der Waals surface area contributed by atoms with E-state index in [9.17, 15) is 0 Å². The maximum atomic E-state index is 6.48. The topological polar surface area (TPSA) is 36.9 Å². The fraction of sp³-hybridized carbons (Fsp3) is 0.647. The molecule has 4 atom stereocenters. The predicted molar refractivity (Wildman–Crippen MR) is 84.8 cm³/mol. The molecule has 4 bridgehead atoms. The minimum atomic E-state index is -0.951. The SMILES string of the molecule is Cc1ccccc1OP1C2(C)CC3(C)OC(C)(CC1(C)O3)O2. The van der Waals surface area contributed by atoms with Gasteiger partial charge in [0.1, 0.15) is 16.4 Å². The van der Waals surface area contributed by atoms with Crippen LogP contribution >= 0.6 is 8.15 Å². The number of aryl methyl sites for hydroxylation is 1. The molecular formula is C17H23O4P. The molecule has 0 N–H and O–H groups in total. The first-order valence-electron chi connectivity index (χ1n) is 7.80. The van der Waals surface area contributed by atoms with Gasteiger partial charge in [0.05, 0.1) is 0 Å². The zero-order valence-electron chi connectivity index (χ0n) is 13.8. The Balaban J connectivity index is 1.74. The molecule has 0 saturated carbocycles. The summed E-state index contributed by atoms with van der Waals surface area (Å²) in [5.41, 5.74) is 1.14. The average molecular weight is 322 g/mol. The molecule has 0 radical (unpaired) electrons. The molecule has 4 fully saturated rings. The monoisotopic (exact) mass is 322 g/mol. The van der Waals surface area contributed by atoms with Crippen LogP contribution in [0.4, 0.5) is 0 Å². The smallest absolute Gasteiger partial charge is 0.173 e. The molecule has 0 aromatic heterocycles. The minimum Gasteiger partial charge on any atom is -0.468 e. The summed E-state index contributed by atoms with van der Waals surface area (Å²) >= 11 is 0. The summed E-state index contributed by atoms with van der Waals surface area (Å²) in [6.07, 6.45) is 1.39. The van der Waals surface area contributed by atoms with Crippen LogP contribution in [0.2, 0.25) is 0 Å². The number of para-hydroxylation sites is 1. The van der Waals surface area contributed by atoms with Crippen LogP contribution in [0, 0.1) is 6.92 Å². The Hall–Kier alpha value is -0.670. The van der Waals surface area contributed by atoms with Crippen LogP contribution in [0.25, 0.3) is 0 Å². The normalized spacial score (nSPS) is 49.4. The van der Waals surface area contributed by atoms with Gasteiger partial charge >= 0.3 is 0 Å². The zero-order chi connectivity index (χ0) is 15.8. The van der Waals surface area contributed by atoms with Crippen LogP contribution in [0.1, 0.15) is 46.1 Å². The van der Waals surface area contributed by atoms with Crippen molar-refractivity contribution >= 4 is 8.15 Å². The second-order valence-corrected chi connectivity index (χ2v) is 10.1. The van der Waals surface area contributed by atoms with Gasteiger partial charge in [-0.3, -0.25) is 0 Å². The standard InChI is InChI=1S/C17H23O4P/c1-12-8-6-7-9-13(12)18-22-16(4)10-14(2)19-15(3,21-16)11-17(22,5)20-14/h6-9H,10-11H2,1-5H3. The summed E-state index contributed by atoms with van der Waals surface area (Å²) in [6, 6.07) is 8.13. The Kier molecular flexibility index (Phi) is 2.87. The van der Waals surface area contributed by atoms with Gasteiger partial charge in [0.15, 0.2) is 19.7 Å². The molecule has 0 amide bonds. The average Bonchev–Trinajstić information content (AvgIpc) is 2.31. The fourth-order valence-corrected chi connectivity index (χ4v) is 7.72. The number of rotatable bonds is 2. The molecule has 0 spiro atoms. The van der Waals surface area contributed by atoms with E-state index < -0.39 is 19.7 Å². The van der Waals surface area contributed by atoms with Crippen molar-refractivity contribution in [2.45, 2.75) is 69.7 Å². The van der Waals surface area contributed by atoms with Gasteiger partial charge in [-0.15, -0.1) is 0 Å². The van der Waals surface area contributed by atoms with E-state index in [0.29, 0.717) is 12.8 Å². The first kappa shape index (κ1) is 14.9. The van der Waals surface area contributed by atoms with E-state index in [1.165, 1.54) is 0 Å². The summed E-state index contributed by atoms with van der Waals surface area (Å²) in [7, 11) is -0.951. The maximum absolute atomic E-state index is 6.48. The first-order valence-corrected chi connectivity index (χ1v) is 9.06. The highest BCUT2D eigenvalue weighted by Gasteiger charge is 2.73. The molecule has 1 aromatic rings. The molecule has 4 saturated heterocycles. The number of hydrogen-bond donors (Lipinski definition) is 0. The third-order valence-electron chi connectivity index (χ3n) is 4.74. The van der Waals surface area contributed by atoms with E-state index in [1.807, 2.05) is 32.0 Å². The lowest BCUT2D eigenvalue weighted by molar-refractivity contribution is -0.469. The van der Waals surface area contributed by atoms with Crippen LogP contribution in [0.15, 0.2) is 24.3 Å². The Labute approximate surface area is 132 Å². The molecule has 5 rings (SSSR count). The molecular weight excluding hydrogens is 299 g/mol. The first-order chi connectivity index (χ1) is 10.2. The Morgan fingerprint density at radius 3 is 2.00 bits per heavy atom. The fourth-order valence-electron chi connectivity index (χ4n) is 4.51. The van der Waals surface area contributed by atoms with Crippen LogP contribution in [-0.4, -0.2) is 22.3 Å². The van der Waals surface area contributed by atoms with E-state index in [2.05, 4.69) is 26.8 Å². The number of ether oxygens (including phenoxy) is 3. The van der Waals surface area contributed by atoms with Crippen molar-refractivity contribution in [3.63, 3.8) is 0 Å². The van der Waals surface area contributed by atoms with E-state index in [1.54, 1.807) is 0 Å². The molecule has 4 aliphatic rings. The van der Waals surface area contributed by atoms with Crippen molar-refractivity contribution in [1.29, 1.82) is 0 Å². The van der Waals surface area contributed by atoms with Gasteiger partial charge in [-0.05, 0) is 46.2 Å². The summed E-state index contributed by atoms with van der Waals surface area (Å²) < 4.78 is 25.2. The van der Waals surface area contributed by atoms with Gasteiger partial charge < -0.3 is 18.7 Å². The largest absolute Gasteiger partial charge is 0.468 e. The van der Waals surface area contributed by atoms with Crippen molar-refractivity contribution in [2.75, 3.05) is 0 Å². The lowest BCUT2D eigenvalue weighted by Gasteiger charge is -2.68. The lowest BCUT2D eigenvalue weighted by Crippen LogP contribution is -2.71. The third kappa shape index (κ3) is 2.05. The van der Waals surface area contributed by atoms with E-state index in [4.69, 9.17) is 18.7 Å². The summed E-state index contributed by atoms with van der Waals surface area (Å²) in [5.74, 6) is -0.238. The minimum absolute atomic E-state index is 0.357. The summed E-state index contributed by atoms with van der Waals surface area (Å²) in [6.45, 7) is 10.4. The predicted octanol–water partition coefficient (Wildman–Crippen LogP) is 4.51. The third-order valence-corrected chi connectivity index (χ3v) is 7.34. The molecule has 0 aliphatic carbocycles. The molecule has 22 heavy (non-hydrogen) atoms. The van der Waals surface area contributed by atoms with Crippen molar-refractivity contribution in [2.24, 2.45) is 0 Å². The molecule has 4 aliphatic heterocycles. The highest BCUT2D eigenvalue weighted by atomic mass is 31.1. The molecule has 1 aromatic carbocycles. The molecule has 120 valence electrons. The van der Waals surface area contributed by atoms with E-state index >= 15 is 0 Å². The van der Waals surface area contributed by atoms with Crippen molar-refractivity contribution < 1.29 is 18.7 Å². The Morgan fingerprint density at radius 1 is 0.909 bits per heavy atom. The van der Waals surface area contributed by atoms with Crippen LogP contribution in [0.5, 0.6) is 5.75 Å². The van der Waals surface area contributed by atoms with Gasteiger partial charge in [0, 0.05) is 12.8 Å². The van der Waals surface area contributed by atoms with Gasteiger partial charge in [-0.25, -0.2) is 0 Å². The Bertz CT molecular complexity index is 587. The quantitative estimate of drug-likeness (QED) is 0.751. The van der Waals surface area contributed by atoms with E-state index in [-0.39, 0.29) is 10.7 Å².